The standard InChI is InChI=1S/C15H29NO4/c1-13(2,3)20-12(18)16-8-14(4,5)10-19-11-15(6,7)9-17/h9H,8,10-11H2,1-7H3,(H,16,18). The van der Waals surface area contributed by atoms with Crippen LogP contribution in [-0.4, -0.2) is 37.7 Å². The lowest BCUT2D eigenvalue weighted by Gasteiger charge is -2.27. The van der Waals surface area contributed by atoms with Crippen LogP contribution in [0.5, 0.6) is 0 Å². The van der Waals surface area contributed by atoms with E-state index < -0.39 is 17.1 Å². The fourth-order valence-corrected chi connectivity index (χ4v) is 1.30. The molecule has 0 aromatic carbocycles. The highest BCUT2D eigenvalue weighted by atomic mass is 16.6. The Hall–Kier alpha value is -1.10. The van der Waals surface area contributed by atoms with Gasteiger partial charge in [0.05, 0.1) is 13.2 Å². The van der Waals surface area contributed by atoms with E-state index in [1.807, 2.05) is 48.5 Å². The number of ether oxygens (including phenoxy) is 2. The van der Waals surface area contributed by atoms with Crippen molar-refractivity contribution in [3.63, 3.8) is 0 Å². The van der Waals surface area contributed by atoms with Gasteiger partial charge in [0, 0.05) is 17.4 Å². The lowest BCUT2D eigenvalue weighted by atomic mass is 9.94. The van der Waals surface area contributed by atoms with E-state index >= 15 is 0 Å². The van der Waals surface area contributed by atoms with Gasteiger partial charge < -0.3 is 19.6 Å². The normalized spacial score (nSPS) is 12.9. The zero-order valence-corrected chi connectivity index (χ0v) is 13.8. The molecule has 118 valence electrons. The quantitative estimate of drug-likeness (QED) is 0.731. The van der Waals surface area contributed by atoms with Crippen LogP contribution in [0.15, 0.2) is 0 Å². The van der Waals surface area contributed by atoms with Crippen molar-refractivity contribution in [3.8, 4) is 0 Å². The predicted octanol–water partition coefficient (Wildman–Crippen LogP) is 2.78. The summed E-state index contributed by atoms with van der Waals surface area (Å²) in [6, 6.07) is 0. The highest BCUT2D eigenvalue weighted by Gasteiger charge is 2.24. The largest absolute Gasteiger partial charge is 0.444 e. The SMILES string of the molecule is CC(C)(C=O)COCC(C)(C)CNC(=O)OC(C)(C)C. The third kappa shape index (κ3) is 9.78. The van der Waals surface area contributed by atoms with Gasteiger partial charge in [0.2, 0.25) is 0 Å². The molecule has 1 amide bonds. The fourth-order valence-electron chi connectivity index (χ4n) is 1.30. The molecule has 0 atom stereocenters. The Morgan fingerprint density at radius 2 is 1.60 bits per heavy atom. The van der Waals surface area contributed by atoms with Crippen molar-refractivity contribution >= 4 is 12.4 Å². The van der Waals surface area contributed by atoms with Gasteiger partial charge in [0.25, 0.3) is 0 Å². The molecule has 0 saturated heterocycles. The summed E-state index contributed by atoms with van der Waals surface area (Å²) in [7, 11) is 0. The summed E-state index contributed by atoms with van der Waals surface area (Å²) in [6.07, 6.45) is 0.456. The molecular formula is C15H29NO4. The molecule has 5 nitrogen and oxygen atoms in total. The summed E-state index contributed by atoms with van der Waals surface area (Å²) >= 11 is 0. The first-order chi connectivity index (χ1) is 8.87. The van der Waals surface area contributed by atoms with Crippen molar-refractivity contribution in [1.82, 2.24) is 5.32 Å². The molecule has 0 aliphatic carbocycles. The summed E-state index contributed by atoms with van der Waals surface area (Å²) in [5.74, 6) is 0. The van der Waals surface area contributed by atoms with Crippen LogP contribution in [0.2, 0.25) is 0 Å². The van der Waals surface area contributed by atoms with Gasteiger partial charge in [-0.2, -0.15) is 0 Å². The van der Waals surface area contributed by atoms with E-state index in [-0.39, 0.29) is 5.41 Å². The third-order valence-corrected chi connectivity index (χ3v) is 2.40. The number of hydrogen-bond acceptors (Lipinski definition) is 4. The fraction of sp³-hybridized carbons (Fsp3) is 0.867. The van der Waals surface area contributed by atoms with Crippen LogP contribution in [0, 0.1) is 10.8 Å². The number of hydrogen-bond donors (Lipinski definition) is 1. The van der Waals surface area contributed by atoms with Crippen LogP contribution in [-0.2, 0) is 14.3 Å². The lowest BCUT2D eigenvalue weighted by Crippen LogP contribution is -2.40. The molecule has 20 heavy (non-hydrogen) atoms. The van der Waals surface area contributed by atoms with Gasteiger partial charge in [-0.05, 0) is 20.8 Å². The zero-order valence-electron chi connectivity index (χ0n) is 13.8. The number of amides is 1. The van der Waals surface area contributed by atoms with E-state index in [4.69, 9.17) is 9.47 Å². The summed E-state index contributed by atoms with van der Waals surface area (Å²) in [4.78, 5) is 22.3. The minimum atomic E-state index is -0.501. The highest BCUT2D eigenvalue weighted by Crippen LogP contribution is 2.18. The molecule has 0 aromatic rings. The molecular weight excluding hydrogens is 258 g/mol. The van der Waals surface area contributed by atoms with Gasteiger partial charge in [-0.3, -0.25) is 0 Å². The number of alkyl carbamates (subject to hydrolysis) is 1. The molecule has 0 heterocycles. The summed E-state index contributed by atoms with van der Waals surface area (Å²) in [5, 5.41) is 2.73. The Bertz CT molecular complexity index is 329. The van der Waals surface area contributed by atoms with Gasteiger partial charge in [-0.15, -0.1) is 0 Å². The molecule has 0 saturated carbocycles. The Balaban J connectivity index is 4.07. The van der Waals surface area contributed by atoms with Crippen molar-refractivity contribution in [1.29, 1.82) is 0 Å². The molecule has 0 bridgehead atoms. The van der Waals surface area contributed by atoms with Crippen molar-refractivity contribution in [2.24, 2.45) is 10.8 Å². The van der Waals surface area contributed by atoms with Gasteiger partial charge in [0.15, 0.2) is 0 Å². The van der Waals surface area contributed by atoms with Crippen molar-refractivity contribution in [3.05, 3.63) is 0 Å². The average Bonchev–Trinajstić information content (AvgIpc) is 2.24. The van der Waals surface area contributed by atoms with Crippen molar-refractivity contribution < 1.29 is 19.1 Å². The molecule has 0 unspecified atom stereocenters. The van der Waals surface area contributed by atoms with Gasteiger partial charge in [-0.25, -0.2) is 4.79 Å². The maximum atomic E-state index is 11.6. The van der Waals surface area contributed by atoms with Crippen LogP contribution in [0.1, 0.15) is 48.5 Å². The van der Waals surface area contributed by atoms with Crippen molar-refractivity contribution in [2.75, 3.05) is 19.8 Å². The maximum Gasteiger partial charge on any atom is 0.407 e. The molecule has 1 N–H and O–H groups in total. The van der Waals surface area contributed by atoms with Crippen molar-refractivity contribution in [2.45, 2.75) is 54.1 Å². The summed E-state index contributed by atoms with van der Waals surface area (Å²) in [6.45, 7) is 14.4. The second kappa shape index (κ2) is 7.07. The summed E-state index contributed by atoms with van der Waals surface area (Å²) < 4.78 is 10.7. The van der Waals surface area contributed by atoms with Gasteiger partial charge in [0.1, 0.15) is 11.9 Å². The van der Waals surface area contributed by atoms with E-state index in [1.165, 1.54) is 0 Å². The second-order valence-corrected chi connectivity index (χ2v) is 7.62. The Morgan fingerprint density at radius 3 is 2.05 bits per heavy atom. The Morgan fingerprint density at radius 1 is 1.05 bits per heavy atom. The minimum absolute atomic E-state index is 0.226. The molecule has 0 spiro atoms. The van der Waals surface area contributed by atoms with E-state index in [9.17, 15) is 9.59 Å². The molecule has 0 aromatic heterocycles. The van der Waals surface area contributed by atoms with Crippen LogP contribution in [0.3, 0.4) is 0 Å². The van der Waals surface area contributed by atoms with Crippen LogP contribution in [0.25, 0.3) is 0 Å². The molecule has 0 aliphatic rings. The van der Waals surface area contributed by atoms with E-state index in [0.29, 0.717) is 19.8 Å². The molecule has 5 heteroatoms. The Labute approximate surface area is 122 Å². The minimum Gasteiger partial charge on any atom is -0.444 e. The lowest BCUT2D eigenvalue weighted by molar-refractivity contribution is -0.118. The second-order valence-electron chi connectivity index (χ2n) is 7.62. The zero-order chi connectivity index (χ0) is 16.0. The van der Waals surface area contributed by atoms with Gasteiger partial charge >= 0.3 is 6.09 Å². The van der Waals surface area contributed by atoms with E-state index in [0.717, 1.165) is 6.29 Å². The number of rotatable bonds is 7. The van der Waals surface area contributed by atoms with Crippen LogP contribution in [0.4, 0.5) is 4.79 Å². The summed E-state index contributed by atoms with van der Waals surface area (Å²) in [5.41, 5.74) is -1.21. The smallest absolute Gasteiger partial charge is 0.407 e. The topological polar surface area (TPSA) is 64.6 Å². The number of aldehydes is 1. The van der Waals surface area contributed by atoms with Gasteiger partial charge in [-0.1, -0.05) is 27.7 Å². The van der Waals surface area contributed by atoms with E-state index in [1.54, 1.807) is 0 Å². The first-order valence-corrected chi connectivity index (χ1v) is 6.88. The highest BCUT2D eigenvalue weighted by molar-refractivity contribution is 5.67. The molecule has 0 aliphatic heterocycles. The first kappa shape index (κ1) is 18.9. The first-order valence-electron chi connectivity index (χ1n) is 6.88. The molecule has 0 radical (unpaired) electrons. The third-order valence-electron chi connectivity index (χ3n) is 2.40. The van der Waals surface area contributed by atoms with E-state index in [2.05, 4.69) is 5.32 Å². The van der Waals surface area contributed by atoms with Crippen LogP contribution < -0.4 is 5.32 Å². The number of carbonyl (C=O) groups excluding carboxylic acids is 2. The number of carbonyl (C=O) groups is 2. The Kier molecular flexibility index (Phi) is 6.68. The number of nitrogens with one attached hydrogen (secondary N) is 1. The predicted molar refractivity (Wildman–Crippen MR) is 78.7 cm³/mol. The molecule has 0 fully saturated rings. The maximum absolute atomic E-state index is 11.6. The monoisotopic (exact) mass is 287 g/mol. The average molecular weight is 287 g/mol. The molecule has 0 rings (SSSR count). The van der Waals surface area contributed by atoms with Crippen LogP contribution >= 0.6 is 0 Å².